The molecule has 0 spiro atoms. The van der Waals surface area contributed by atoms with Crippen molar-refractivity contribution < 1.29 is 9.59 Å². The molecule has 144 valence electrons. The fraction of sp³-hybridized carbons (Fsp3) is 0.579. The van der Waals surface area contributed by atoms with Gasteiger partial charge < -0.3 is 10.2 Å². The van der Waals surface area contributed by atoms with Crippen molar-refractivity contribution in [3.63, 3.8) is 0 Å². The molecule has 1 fully saturated rings. The Bertz CT molecular complexity index is 686. The van der Waals surface area contributed by atoms with Crippen LogP contribution in [0.25, 0.3) is 0 Å². The molecular formula is C19H26Cl2N2O2S. The van der Waals surface area contributed by atoms with Crippen molar-refractivity contribution in [2.75, 3.05) is 19.4 Å². The molecule has 0 bridgehead atoms. The first-order valence-electron chi connectivity index (χ1n) is 8.87. The van der Waals surface area contributed by atoms with Gasteiger partial charge in [0.1, 0.15) is 0 Å². The number of amides is 2. The minimum absolute atomic E-state index is 0.00439. The highest BCUT2D eigenvalue weighted by Crippen LogP contribution is 2.44. The highest BCUT2D eigenvalue weighted by atomic mass is 35.5. The summed E-state index contributed by atoms with van der Waals surface area (Å²) in [5.41, 5.74) is 0.160. The maximum atomic E-state index is 13.2. The number of halogens is 2. The Labute approximate surface area is 170 Å². The summed E-state index contributed by atoms with van der Waals surface area (Å²) in [6.45, 7) is 4.20. The number of nitrogens with zero attached hydrogens (tertiary/aromatic N) is 1. The number of hydrogen-bond acceptors (Lipinski definition) is 3. The van der Waals surface area contributed by atoms with Crippen molar-refractivity contribution in [1.29, 1.82) is 0 Å². The third-order valence-electron chi connectivity index (χ3n) is 5.14. The lowest BCUT2D eigenvalue weighted by atomic mass is 9.66. The Hall–Kier alpha value is -0.910. The maximum Gasteiger partial charge on any atom is 0.286 e. The normalized spacial score (nSPS) is 16.4. The molecule has 0 saturated heterocycles. The monoisotopic (exact) mass is 416 g/mol. The van der Waals surface area contributed by atoms with Gasteiger partial charge in [-0.1, -0.05) is 56.3 Å². The van der Waals surface area contributed by atoms with Crippen molar-refractivity contribution in [1.82, 2.24) is 4.90 Å². The number of benzene rings is 1. The lowest BCUT2D eigenvalue weighted by Crippen LogP contribution is -2.42. The molecule has 0 atom stereocenters. The Morgan fingerprint density at radius 3 is 2.23 bits per heavy atom. The number of hydrogen-bond donors (Lipinski definition) is 1. The van der Waals surface area contributed by atoms with E-state index in [1.165, 1.54) is 11.3 Å². The van der Waals surface area contributed by atoms with E-state index in [-0.39, 0.29) is 22.5 Å². The van der Waals surface area contributed by atoms with Gasteiger partial charge in [-0.3, -0.25) is 9.59 Å². The van der Waals surface area contributed by atoms with E-state index in [2.05, 4.69) is 19.2 Å². The summed E-state index contributed by atoms with van der Waals surface area (Å²) in [4.78, 5) is 27.4. The molecule has 0 unspecified atom stereocenters. The second-order valence-electron chi connectivity index (χ2n) is 7.35. The summed E-state index contributed by atoms with van der Waals surface area (Å²) in [5.74, 6) is 0.245. The SMILES string of the molecule is CC(C)C1(C(=O)Nc2cc(Cl)c(Cl)cc2SC(=O)N(C)C)CCCCC1. The zero-order chi connectivity index (χ0) is 19.5. The summed E-state index contributed by atoms with van der Waals surface area (Å²) >= 11 is 13.3. The highest BCUT2D eigenvalue weighted by molar-refractivity contribution is 8.13. The van der Waals surface area contributed by atoms with Crippen molar-refractivity contribution in [3.8, 4) is 0 Å². The van der Waals surface area contributed by atoms with Gasteiger partial charge in [0.05, 0.1) is 21.1 Å². The number of anilines is 1. The molecule has 1 saturated carbocycles. The van der Waals surface area contributed by atoms with E-state index in [1.54, 1.807) is 26.2 Å². The predicted molar refractivity (Wildman–Crippen MR) is 110 cm³/mol. The quantitative estimate of drug-likeness (QED) is 0.584. The second kappa shape index (κ2) is 8.85. The average Bonchev–Trinajstić information content (AvgIpc) is 2.59. The molecule has 1 aromatic rings. The molecule has 1 N–H and O–H groups in total. The lowest BCUT2D eigenvalue weighted by Gasteiger charge is -2.39. The van der Waals surface area contributed by atoms with Crippen LogP contribution in [-0.4, -0.2) is 30.1 Å². The number of thioether (sulfide) groups is 1. The van der Waals surface area contributed by atoms with Gasteiger partial charge in [-0.25, -0.2) is 0 Å². The molecule has 2 amide bonds. The summed E-state index contributed by atoms with van der Waals surface area (Å²) < 4.78 is 0. The molecule has 0 radical (unpaired) electrons. The fourth-order valence-electron chi connectivity index (χ4n) is 3.39. The van der Waals surface area contributed by atoms with Crippen molar-refractivity contribution >= 4 is 51.8 Å². The van der Waals surface area contributed by atoms with Gasteiger partial charge in [0, 0.05) is 19.0 Å². The molecular weight excluding hydrogens is 391 g/mol. The van der Waals surface area contributed by atoms with Crippen molar-refractivity contribution in [3.05, 3.63) is 22.2 Å². The molecule has 0 aliphatic heterocycles. The highest BCUT2D eigenvalue weighted by Gasteiger charge is 2.42. The van der Waals surface area contributed by atoms with Crippen LogP contribution in [0.5, 0.6) is 0 Å². The summed E-state index contributed by atoms with van der Waals surface area (Å²) in [6.07, 6.45) is 5.07. The van der Waals surface area contributed by atoms with Crippen LogP contribution in [0.1, 0.15) is 46.0 Å². The summed E-state index contributed by atoms with van der Waals surface area (Å²) in [7, 11) is 3.36. The van der Waals surface area contributed by atoms with E-state index in [0.29, 0.717) is 20.6 Å². The molecule has 2 rings (SSSR count). The molecule has 7 heteroatoms. The minimum Gasteiger partial charge on any atom is -0.339 e. The van der Waals surface area contributed by atoms with E-state index >= 15 is 0 Å². The van der Waals surface area contributed by atoms with Crippen LogP contribution in [0.2, 0.25) is 10.0 Å². The topological polar surface area (TPSA) is 49.4 Å². The van der Waals surface area contributed by atoms with Crippen LogP contribution < -0.4 is 5.32 Å². The summed E-state index contributed by atoms with van der Waals surface area (Å²) in [5, 5.41) is 3.61. The Kier molecular flexibility index (Phi) is 7.28. The Balaban J connectivity index is 2.33. The molecule has 4 nitrogen and oxygen atoms in total. The minimum atomic E-state index is -0.377. The Morgan fingerprint density at radius 2 is 1.69 bits per heavy atom. The lowest BCUT2D eigenvalue weighted by molar-refractivity contribution is -0.130. The first kappa shape index (κ1) is 21.4. The molecule has 1 aliphatic carbocycles. The van der Waals surface area contributed by atoms with Gasteiger partial charge in [-0.15, -0.1) is 0 Å². The van der Waals surface area contributed by atoms with E-state index in [9.17, 15) is 9.59 Å². The number of carbonyl (C=O) groups excluding carboxylic acids is 2. The molecule has 0 heterocycles. The Morgan fingerprint density at radius 1 is 1.12 bits per heavy atom. The van der Waals surface area contributed by atoms with E-state index < -0.39 is 0 Å². The number of nitrogens with one attached hydrogen (secondary N) is 1. The first-order valence-corrected chi connectivity index (χ1v) is 10.4. The van der Waals surface area contributed by atoms with Gasteiger partial charge in [-0.05, 0) is 42.7 Å². The van der Waals surface area contributed by atoms with Gasteiger partial charge in [0.25, 0.3) is 5.24 Å². The van der Waals surface area contributed by atoms with Crippen molar-refractivity contribution in [2.24, 2.45) is 11.3 Å². The molecule has 26 heavy (non-hydrogen) atoms. The third kappa shape index (κ3) is 4.68. The standard InChI is InChI=1S/C19H26Cl2N2O2S/c1-12(2)19(8-6-5-7-9-19)17(24)22-15-10-13(20)14(21)11-16(15)26-18(25)23(3)4/h10-12H,5-9H2,1-4H3,(H,22,24). The van der Waals surface area contributed by atoms with Crippen LogP contribution >= 0.6 is 35.0 Å². The van der Waals surface area contributed by atoms with Gasteiger partial charge in [-0.2, -0.15) is 0 Å². The molecule has 0 aromatic heterocycles. The second-order valence-corrected chi connectivity index (χ2v) is 9.16. The predicted octanol–water partition coefficient (Wildman–Crippen LogP) is 6.31. The summed E-state index contributed by atoms with van der Waals surface area (Å²) in [6, 6.07) is 3.26. The van der Waals surface area contributed by atoms with Gasteiger partial charge in [0.15, 0.2) is 0 Å². The maximum absolute atomic E-state index is 13.2. The number of rotatable bonds is 4. The average molecular weight is 417 g/mol. The zero-order valence-corrected chi connectivity index (χ0v) is 18.0. The van der Waals surface area contributed by atoms with Crippen LogP contribution in [0.4, 0.5) is 10.5 Å². The fourth-order valence-corrected chi connectivity index (χ4v) is 4.55. The smallest absolute Gasteiger partial charge is 0.286 e. The van der Waals surface area contributed by atoms with Crippen LogP contribution in [0.15, 0.2) is 17.0 Å². The van der Waals surface area contributed by atoms with Crippen molar-refractivity contribution in [2.45, 2.75) is 50.8 Å². The van der Waals surface area contributed by atoms with E-state index in [4.69, 9.17) is 23.2 Å². The zero-order valence-electron chi connectivity index (χ0n) is 15.7. The number of carbonyl (C=O) groups is 2. The molecule has 1 aromatic carbocycles. The van der Waals surface area contributed by atoms with E-state index in [0.717, 1.165) is 37.4 Å². The van der Waals surface area contributed by atoms with E-state index in [1.807, 2.05) is 0 Å². The molecule has 1 aliphatic rings. The first-order chi connectivity index (χ1) is 12.2. The largest absolute Gasteiger partial charge is 0.339 e. The van der Waals surface area contributed by atoms with Gasteiger partial charge in [0.2, 0.25) is 5.91 Å². The van der Waals surface area contributed by atoms with Crippen LogP contribution in [-0.2, 0) is 4.79 Å². The third-order valence-corrected chi connectivity index (χ3v) is 6.96. The van der Waals surface area contributed by atoms with Crippen LogP contribution in [0, 0.1) is 11.3 Å². The van der Waals surface area contributed by atoms with Gasteiger partial charge >= 0.3 is 0 Å². The van der Waals surface area contributed by atoms with Crippen LogP contribution in [0.3, 0.4) is 0 Å².